The molecule has 0 radical (unpaired) electrons. The van der Waals surface area contributed by atoms with E-state index in [2.05, 4.69) is 17.3 Å². The fourth-order valence-electron chi connectivity index (χ4n) is 3.62. The van der Waals surface area contributed by atoms with Crippen LogP contribution >= 0.6 is 0 Å². The predicted molar refractivity (Wildman–Crippen MR) is 110 cm³/mol. The number of benzene rings is 1. The molecule has 1 saturated heterocycles. The molecule has 1 heterocycles. The highest BCUT2D eigenvalue weighted by atomic mass is 32.2. The Morgan fingerprint density at radius 2 is 1.85 bits per heavy atom. The number of piperidine rings is 1. The van der Waals surface area contributed by atoms with Crippen molar-refractivity contribution in [3.63, 3.8) is 0 Å². The molecule has 1 N–H and O–H groups in total. The topological polar surface area (TPSA) is 69.7 Å². The van der Waals surface area contributed by atoms with Gasteiger partial charge in [-0.1, -0.05) is 24.6 Å². The fraction of sp³-hybridized carbons (Fsp3) is 0.650. The molecule has 1 fully saturated rings. The molecule has 1 aromatic rings. The van der Waals surface area contributed by atoms with Crippen LogP contribution in [0.1, 0.15) is 38.2 Å². The molecule has 1 amide bonds. The van der Waals surface area contributed by atoms with E-state index in [9.17, 15) is 13.2 Å². The van der Waals surface area contributed by atoms with Gasteiger partial charge in [-0.05, 0) is 70.8 Å². The summed E-state index contributed by atoms with van der Waals surface area (Å²) in [5.41, 5.74) is 1.57. The van der Waals surface area contributed by atoms with Crippen molar-refractivity contribution >= 4 is 21.6 Å². The fourth-order valence-corrected chi connectivity index (χ4v) is 4.83. The number of sulfonamides is 1. The van der Waals surface area contributed by atoms with Crippen molar-refractivity contribution in [2.24, 2.45) is 5.92 Å². The van der Waals surface area contributed by atoms with Crippen molar-refractivity contribution in [3.8, 4) is 0 Å². The first kappa shape index (κ1) is 21.7. The first-order valence-corrected chi connectivity index (χ1v) is 11.6. The second-order valence-electron chi connectivity index (χ2n) is 7.64. The van der Waals surface area contributed by atoms with E-state index in [-0.39, 0.29) is 5.91 Å². The van der Waals surface area contributed by atoms with Crippen LogP contribution in [0.3, 0.4) is 0 Å². The van der Waals surface area contributed by atoms with Gasteiger partial charge in [0.15, 0.2) is 0 Å². The van der Waals surface area contributed by atoms with Gasteiger partial charge in [0.1, 0.15) is 6.04 Å². The highest BCUT2D eigenvalue weighted by molar-refractivity contribution is 7.92. The normalized spacial score (nSPS) is 17.5. The number of carbonyl (C=O) groups excluding carboxylic acids is 1. The van der Waals surface area contributed by atoms with E-state index < -0.39 is 16.1 Å². The average Bonchev–Trinajstić information content (AvgIpc) is 2.61. The van der Waals surface area contributed by atoms with Crippen LogP contribution in [0.2, 0.25) is 0 Å². The average molecular weight is 396 g/mol. The third-order valence-corrected chi connectivity index (χ3v) is 6.49. The maximum atomic E-state index is 12.8. The number of likely N-dealkylation sites (tertiary alicyclic amines) is 1. The van der Waals surface area contributed by atoms with Gasteiger partial charge in [-0.15, -0.1) is 0 Å². The van der Waals surface area contributed by atoms with Crippen LogP contribution in [-0.2, 0) is 14.8 Å². The third-order valence-electron chi connectivity index (χ3n) is 5.31. The van der Waals surface area contributed by atoms with Gasteiger partial charge in [0.2, 0.25) is 15.9 Å². The SMILES string of the molecule is CC[C@@H](C(=O)NCCC1CCN(C)CC1)N(c1ccc(C)cc1)S(C)(=O)=O. The predicted octanol–water partition coefficient (Wildman–Crippen LogP) is 2.39. The van der Waals surface area contributed by atoms with Crippen LogP contribution in [0, 0.1) is 12.8 Å². The first-order chi connectivity index (χ1) is 12.7. The van der Waals surface area contributed by atoms with Crippen molar-refractivity contribution in [1.29, 1.82) is 0 Å². The Morgan fingerprint density at radius 3 is 2.37 bits per heavy atom. The Bertz CT molecular complexity index is 710. The van der Waals surface area contributed by atoms with Gasteiger partial charge in [-0.2, -0.15) is 0 Å². The molecule has 1 aliphatic heterocycles. The molecule has 27 heavy (non-hydrogen) atoms. The molecule has 0 spiro atoms. The zero-order valence-electron chi connectivity index (χ0n) is 16.9. The molecule has 152 valence electrons. The van der Waals surface area contributed by atoms with Crippen LogP contribution in [0.5, 0.6) is 0 Å². The Kier molecular flexibility index (Phi) is 7.68. The minimum Gasteiger partial charge on any atom is -0.354 e. The summed E-state index contributed by atoms with van der Waals surface area (Å²) >= 11 is 0. The lowest BCUT2D eigenvalue weighted by Gasteiger charge is -2.31. The van der Waals surface area contributed by atoms with Crippen molar-refractivity contribution in [1.82, 2.24) is 10.2 Å². The van der Waals surface area contributed by atoms with Gasteiger partial charge in [0.25, 0.3) is 0 Å². The number of carbonyl (C=O) groups is 1. The number of nitrogens with one attached hydrogen (secondary N) is 1. The summed E-state index contributed by atoms with van der Waals surface area (Å²) in [7, 11) is -1.44. The Labute approximate surface area is 164 Å². The minimum atomic E-state index is -3.57. The van der Waals surface area contributed by atoms with Crippen LogP contribution in [-0.4, -0.2) is 58.2 Å². The van der Waals surface area contributed by atoms with Crippen molar-refractivity contribution in [3.05, 3.63) is 29.8 Å². The lowest BCUT2D eigenvalue weighted by Crippen LogP contribution is -2.49. The highest BCUT2D eigenvalue weighted by Gasteiger charge is 2.31. The largest absolute Gasteiger partial charge is 0.354 e. The van der Waals surface area contributed by atoms with Gasteiger partial charge >= 0.3 is 0 Å². The molecule has 0 unspecified atom stereocenters. The summed E-state index contributed by atoms with van der Waals surface area (Å²) in [5, 5.41) is 2.97. The molecule has 1 atom stereocenters. The van der Waals surface area contributed by atoms with E-state index in [1.807, 2.05) is 26.0 Å². The van der Waals surface area contributed by atoms with E-state index >= 15 is 0 Å². The summed E-state index contributed by atoms with van der Waals surface area (Å²) in [6.45, 7) is 6.58. The maximum absolute atomic E-state index is 12.8. The van der Waals surface area contributed by atoms with Crippen LogP contribution in [0.25, 0.3) is 0 Å². The molecular weight excluding hydrogens is 362 g/mol. The number of hydrogen-bond donors (Lipinski definition) is 1. The quantitative estimate of drug-likeness (QED) is 0.734. The van der Waals surface area contributed by atoms with E-state index in [1.165, 1.54) is 4.31 Å². The highest BCUT2D eigenvalue weighted by Crippen LogP contribution is 2.23. The minimum absolute atomic E-state index is 0.226. The van der Waals surface area contributed by atoms with E-state index in [0.29, 0.717) is 24.6 Å². The number of aryl methyl sites for hydroxylation is 1. The molecule has 0 bridgehead atoms. The van der Waals surface area contributed by atoms with Gasteiger partial charge < -0.3 is 10.2 Å². The Balaban J connectivity index is 2.02. The number of rotatable bonds is 8. The summed E-state index contributed by atoms with van der Waals surface area (Å²) in [4.78, 5) is 15.1. The number of nitrogens with zero attached hydrogens (tertiary/aromatic N) is 2. The van der Waals surface area contributed by atoms with Crippen molar-refractivity contribution < 1.29 is 13.2 Å². The Morgan fingerprint density at radius 1 is 1.26 bits per heavy atom. The van der Waals surface area contributed by atoms with Crippen molar-refractivity contribution in [2.75, 3.05) is 37.2 Å². The zero-order chi connectivity index (χ0) is 20.0. The molecule has 2 rings (SSSR count). The van der Waals surface area contributed by atoms with Gasteiger partial charge in [-0.25, -0.2) is 8.42 Å². The number of anilines is 1. The lowest BCUT2D eigenvalue weighted by molar-refractivity contribution is -0.122. The second kappa shape index (κ2) is 9.55. The maximum Gasteiger partial charge on any atom is 0.243 e. The zero-order valence-corrected chi connectivity index (χ0v) is 17.8. The third kappa shape index (κ3) is 6.21. The van der Waals surface area contributed by atoms with Gasteiger partial charge in [0.05, 0.1) is 11.9 Å². The standard InChI is InChI=1S/C20H33N3O3S/c1-5-19(20(24)21-13-10-17-11-14-22(3)15-12-17)23(27(4,25)26)18-8-6-16(2)7-9-18/h6-9,17,19H,5,10-15H2,1-4H3,(H,21,24)/t19-/m0/s1. The molecule has 1 aromatic carbocycles. The van der Waals surface area contributed by atoms with E-state index in [4.69, 9.17) is 0 Å². The summed E-state index contributed by atoms with van der Waals surface area (Å²) < 4.78 is 26.1. The molecule has 0 saturated carbocycles. The monoisotopic (exact) mass is 395 g/mol. The summed E-state index contributed by atoms with van der Waals surface area (Å²) in [6, 6.07) is 6.49. The van der Waals surface area contributed by atoms with E-state index in [1.54, 1.807) is 12.1 Å². The summed E-state index contributed by atoms with van der Waals surface area (Å²) in [5.74, 6) is 0.404. The van der Waals surface area contributed by atoms with Crippen molar-refractivity contribution in [2.45, 2.75) is 45.6 Å². The molecule has 7 heteroatoms. The van der Waals surface area contributed by atoms with Crippen LogP contribution in [0.15, 0.2) is 24.3 Å². The van der Waals surface area contributed by atoms with Crippen LogP contribution in [0.4, 0.5) is 5.69 Å². The second-order valence-corrected chi connectivity index (χ2v) is 9.50. The molecule has 0 aliphatic carbocycles. The van der Waals surface area contributed by atoms with Gasteiger partial charge in [0, 0.05) is 6.54 Å². The summed E-state index contributed by atoms with van der Waals surface area (Å²) in [6.07, 6.45) is 4.83. The lowest BCUT2D eigenvalue weighted by atomic mass is 9.94. The smallest absolute Gasteiger partial charge is 0.243 e. The number of amides is 1. The van der Waals surface area contributed by atoms with E-state index in [0.717, 1.165) is 44.2 Å². The molecule has 6 nitrogen and oxygen atoms in total. The van der Waals surface area contributed by atoms with Gasteiger partial charge in [-0.3, -0.25) is 9.10 Å². The Hall–Kier alpha value is -1.60. The molecular formula is C20H33N3O3S. The van der Waals surface area contributed by atoms with Crippen LogP contribution < -0.4 is 9.62 Å². The number of hydrogen-bond acceptors (Lipinski definition) is 4. The molecule has 1 aliphatic rings. The molecule has 0 aromatic heterocycles. The first-order valence-electron chi connectivity index (χ1n) is 9.74.